The first kappa shape index (κ1) is 12.6. The summed E-state index contributed by atoms with van der Waals surface area (Å²) in [4.78, 5) is 22.0. The number of hydrogen-bond acceptors (Lipinski definition) is 5. The van der Waals surface area contributed by atoms with Crippen molar-refractivity contribution in [2.45, 2.75) is 32.7 Å². The SMILES string of the molecule is Cc1cnc(N)nc1NC(C)C(=O)N1CCCC1. The van der Waals surface area contributed by atoms with Gasteiger partial charge in [0, 0.05) is 24.8 Å². The number of aromatic nitrogens is 2. The molecular formula is C12H19N5O. The Kier molecular flexibility index (Phi) is 3.64. The Morgan fingerprint density at radius 1 is 1.50 bits per heavy atom. The molecule has 2 rings (SSSR count). The van der Waals surface area contributed by atoms with Gasteiger partial charge in [0.25, 0.3) is 0 Å². The van der Waals surface area contributed by atoms with E-state index in [0.29, 0.717) is 5.82 Å². The number of amides is 1. The molecule has 0 saturated carbocycles. The molecule has 1 aliphatic rings. The van der Waals surface area contributed by atoms with Gasteiger partial charge in [-0.2, -0.15) is 4.98 Å². The number of carbonyl (C=O) groups excluding carboxylic acids is 1. The zero-order valence-electron chi connectivity index (χ0n) is 10.8. The van der Waals surface area contributed by atoms with Crippen LogP contribution in [-0.4, -0.2) is 39.9 Å². The minimum atomic E-state index is -0.295. The van der Waals surface area contributed by atoms with Gasteiger partial charge in [0.2, 0.25) is 11.9 Å². The summed E-state index contributed by atoms with van der Waals surface area (Å²) < 4.78 is 0. The van der Waals surface area contributed by atoms with Crippen LogP contribution in [0, 0.1) is 6.92 Å². The predicted molar refractivity (Wildman–Crippen MR) is 70.1 cm³/mol. The summed E-state index contributed by atoms with van der Waals surface area (Å²) in [6, 6.07) is -0.295. The summed E-state index contributed by atoms with van der Waals surface area (Å²) in [7, 11) is 0. The van der Waals surface area contributed by atoms with E-state index in [2.05, 4.69) is 15.3 Å². The van der Waals surface area contributed by atoms with E-state index in [-0.39, 0.29) is 17.9 Å². The zero-order chi connectivity index (χ0) is 13.1. The van der Waals surface area contributed by atoms with Gasteiger partial charge in [-0.3, -0.25) is 4.79 Å². The minimum Gasteiger partial charge on any atom is -0.368 e. The lowest BCUT2D eigenvalue weighted by Gasteiger charge is -2.22. The molecule has 1 unspecified atom stereocenters. The normalized spacial score (nSPS) is 16.7. The molecule has 0 radical (unpaired) electrons. The number of likely N-dealkylation sites (tertiary alicyclic amines) is 1. The van der Waals surface area contributed by atoms with Crippen molar-refractivity contribution in [1.29, 1.82) is 0 Å². The molecule has 98 valence electrons. The molecule has 1 aromatic heterocycles. The monoisotopic (exact) mass is 249 g/mol. The number of nitrogens with two attached hydrogens (primary N) is 1. The van der Waals surface area contributed by atoms with Crippen molar-refractivity contribution in [3.63, 3.8) is 0 Å². The summed E-state index contributed by atoms with van der Waals surface area (Å²) in [6.07, 6.45) is 3.84. The van der Waals surface area contributed by atoms with Gasteiger partial charge >= 0.3 is 0 Å². The fourth-order valence-corrected chi connectivity index (χ4v) is 2.08. The Morgan fingerprint density at radius 3 is 2.83 bits per heavy atom. The topological polar surface area (TPSA) is 84.1 Å². The highest BCUT2D eigenvalue weighted by atomic mass is 16.2. The first-order valence-corrected chi connectivity index (χ1v) is 6.22. The molecule has 0 bridgehead atoms. The van der Waals surface area contributed by atoms with Crippen LogP contribution in [0.25, 0.3) is 0 Å². The molecule has 3 N–H and O–H groups in total. The lowest BCUT2D eigenvalue weighted by molar-refractivity contribution is -0.130. The van der Waals surface area contributed by atoms with Crippen LogP contribution in [-0.2, 0) is 4.79 Å². The van der Waals surface area contributed by atoms with Crippen molar-refractivity contribution >= 4 is 17.7 Å². The average molecular weight is 249 g/mol. The molecule has 1 aromatic rings. The van der Waals surface area contributed by atoms with Gasteiger partial charge in [0.1, 0.15) is 11.9 Å². The van der Waals surface area contributed by atoms with Gasteiger partial charge < -0.3 is 16.0 Å². The summed E-state index contributed by atoms with van der Waals surface area (Å²) in [6.45, 7) is 5.44. The third-order valence-electron chi connectivity index (χ3n) is 3.13. The van der Waals surface area contributed by atoms with Gasteiger partial charge in [-0.1, -0.05) is 0 Å². The largest absolute Gasteiger partial charge is 0.368 e. The quantitative estimate of drug-likeness (QED) is 0.827. The standard InChI is InChI=1S/C12H19N5O/c1-8-7-14-12(13)16-10(8)15-9(2)11(18)17-5-3-4-6-17/h7,9H,3-6H2,1-2H3,(H3,13,14,15,16). The maximum absolute atomic E-state index is 12.1. The number of nitrogen functional groups attached to an aromatic ring is 1. The number of nitrogens with one attached hydrogen (secondary N) is 1. The van der Waals surface area contributed by atoms with Crippen molar-refractivity contribution in [3.8, 4) is 0 Å². The second kappa shape index (κ2) is 5.20. The molecule has 1 fully saturated rings. The Balaban J connectivity index is 2.03. The van der Waals surface area contributed by atoms with E-state index in [1.54, 1.807) is 6.20 Å². The predicted octanol–water partition coefficient (Wildman–Crippen LogP) is 0.790. The van der Waals surface area contributed by atoms with Crippen molar-refractivity contribution in [2.24, 2.45) is 0 Å². The molecule has 18 heavy (non-hydrogen) atoms. The van der Waals surface area contributed by atoms with Crippen molar-refractivity contribution < 1.29 is 4.79 Å². The smallest absolute Gasteiger partial charge is 0.244 e. The lowest BCUT2D eigenvalue weighted by atomic mass is 10.2. The van der Waals surface area contributed by atoms with Crippen molar-refractivity contribution in [3.05, 3.63) is 11.8 Å². The Bertz CT molecular complexity index is 442. The van der Waals surface area contributed by atoms with Crippen LogP contribution in [0.1, 0.15) is 25.3 Å². The fraction of sp³-hybridized carbons (Fsp3) is 0.583. The van der Waals surface area contributed by atoms with Gasteiger partial charge in [-0.25, -0.2) is 4.98 Å². The highest BCUT2D eigenvalue weighted by Crippen LogP contribution is 2.15. The molecule has 1 aliphatic heterocycles. The molecular weight excluding hydrogens is 230 g/mol. The fourth-order valence-electron chi connectivity index (χ4n) is 2.08. The summed E-state index contributed by atoms with van der Waals surface area (Å²) in [5.74, 6) is 0.954. The molecule has 1 amide bonds. The molecule has 1 atom stereocenters. The third kappa shape index (κ3) is 2.69. The Labute approximate surface area is 107 Å². The second-order valence-corrected chi connectivity index (χ2v) is 4.66. The highest BCUT2D eigenvalue weighted by Gasteiger charge is 2.23. The van der Waals surface area contributed by atoms with E-state index in [1.165, 1.54) is 0 Å². The molecule has 2 heterocycles. The molecule has 1 saturated heterocycles. The van der Waals surface area contributed by atoms with Crippen LogP contribution in [0.4, 0.5) is 11.8 Å². The zero-order valence-corrected chi connectivity index (χ0v) is 10.8. The van der Waals surface area contributed by atoms with E-state index < -0.39 is 0 Å². The van der Waals surface area contributed by atoms with Crippen LogP contribution < -0.4 is 11.1 Å². The van der Waals surface area contributed by atoms with Gasteiger partial charge in [0.15, 0.2) is 0 Å². The van der Waals surface area contributed by atoms with Crippen LogP contribution in [0.15, 0.2) is 6.20 Å². The van der Waals surface area contributed by atoms with Crippen LogP contribution in [0.3, 0.4) is 0 Å². The Hall–Kier alpha value is -1.85. The van der Waals surface area contributed by atoms with Gasteiger partial charge in [-0.05, 0) is 26.7 Å². The molecule has 6 heteroatoms. The second-order valence-electron chi connectivity index (χ2n) is 4.66. The van der Waals surface area contributed by atoms with Crippen LogP contribution >= 0.6 is 0 Å². The van der Waals surface area contributed by atoms with Gasteiger partial charge in [-0.15, -0.1) is 0 Å². The molecule has 0 aliphatic carbocycles. The highest BCUT2D eigenvalue weighted by molar-refractivity contribution is 5.84. The maximum atomic E-state index is 12.1. The van der Waals surface area contributed by atoms with E-state index in [9.17, 15) is 4.79 Å². The van der Waals surface area contributed by atoms with Crippen molar-refractivity contribution in [1.82, 2.24) is 14.9 Å². The molecule has 6 nitrogen and oxygen atoms in total. The van der Waals surface area contributed by atoms with Crippen LogP contribution in [0.5, 0.6) is 0 Å². The van der Waals surface area contributed by atoms with E-state index in [0.717, 1.165) is 31.5 Å². The average Bonchev–Trinajstić information content (AvgIpc) is 2.86. The molecule has 0 spiro atoms. The summed E-state index contributed by atoms with van der Waals surface area (Å²) >= 11 is 0. The first-order chi connectivity index (χ1) is 8.58. The maximum Gasteiger partial charge on any atom is 0.244 e. The van der Waals surface area contributed by atoms with E-state index in [1.807, 2.05) is 18.7 Å². The Morgan fingerprint density at radius 2 is 2.17 bits per heavy atom. The third-order valence-corrected chi connectivity index (χ3v) is 3.13. The van der Waals surface area contributed by atoms with Gasteiger partial charge in [0.05, 0.1) is 0 Å². The summed E-state index contributed by atoms with van der Waals surface area (Å²) in [5, 5.41) is 3.11. The first-order valence-electron chi connectivity index (χ1n) is 6.22. The lowest BCUT2D eigenvalue weighted by Crippen LogP contribution is -2.40. The number of hydrogen-bond donors (Lipinski definition) is 2. The molecule has 0 aromatic carbocycles. The summed E-state index contributed by atoms with van der Waals surface area (Å²) in [5.41, 5.74) is 6.42. The number of rotatable bonds is 3. The van der Waals surface area contributed by atoms with Crippen molar-refractivity contribution in [2.75, 3.05) is 24.1 Å². The van der Waals surface area contributed by atoms with E-state index >= 15 is 0 Å². The number of carbonyl (C=O) groups is 1. The van der Waals surface area contributed by atoms with E-state index in [4.69, 9.17) is 5.73 Å². The number of anilines is 2. The number of aryl methyl sites for hydroxylation is 1. The van der Waals surface area contributed by atoms with Crippen LogP contribution in [0.2, 0.25) is 0 Å². The minimum absolute atomic E-state index is 0.115. The number of nitrogens with zero attached hydrogens (tertiary/aromatic N) is 3.